The molecular weight excluding hydrogens is 274 g/mol. The molecule has 5 nitrogen and oxygen atoms in total. The van der Waals surface area contributed by atoms with Crippen molar-refractivity contribution >= 4 is 11.5 Å². The van der Waals surface area contributed by atoms with Crippen LogP contribution in [0.4, 0.5) is 11.5 Å². The maximum atomic E-state index is 5.71. The molecule has 2 aliphatic rings. The summed E-state index contributed by atoms with van der Waals surface area (Å²) < 4.78 is 0. The molecule has 0 aliphatic carbocycles. The fraction of sp³-hybridized carbons (Fsp3) is 0.294. The fourth-order valence-electron chi connectivity index (χ4n) is 3.28. The highest BCUT2D eigenvalue weighted by Gasteiger charge is 2.32. The van der Waals surface area contributed by atoms with Crippen molar-refractivity contribution in [3.8, 4) is 11.3 Å². The molecular formula is C17H19N5. The highest BCUT2D eigenvalue weighted by molar-refractivity contribution is 5.62. The molecule has 2 N–H and O–H groups in total. The second-order valence-electron chi connectivity index (χ2n) is 6.12. The molecule has 3 heterocycles. The zero-order valence-corrected chi connectivity index (χ0v) is 12.6. The van der Waals surface area contributed by atoms with Crippen molar-refractivity contribution in [1.82, 2.24) is 15.1 Å². The molecule has 5 heteroatoms. The summed E-state index contributed by atoms with van der Waals surface area (Å²) in [7, 11) is 2.14. The lowest BCUT2D eigenvalue weighted by molar-refractivity contribution is 0.442. The van der Waals surface area contributed by atoms with E-state index in [1.165, 1.54) is 5.57 Å². The van der Waals surface area contributed by atoms with Gasteiger partial charge in [-0.25, -0.2) is 0 Å². The third-order valence-corrected chi connectivity index (χ3v) is 4.41. The summed E-state index contributed by atoms with van der Waals surface area (Å²) in [5.74, 6) is 1.60. The molecule has 0 radical (unpaired) electrons. The van der Waals surface area contributed by atoms with Crippen LogP contribution in [0.3, 0.4) is 0 Å². The van der Waals surface area contributed by atoms with Gasteiger partial charge in [-0.15, -0.1) is 10.2 Å². The fourth-order valence-corrected chi connectivity index (χ4v) is 3.28. The van der Waals surface area contributed by atoms with Crippen LogP contribution in [0.1, 0.15) is 0 Å². The molecule has 2 aliphatic heterocycles. The van der Waals surface area contributed by atoms with Crippen molar-refractivity contribution in [3.05, 3.63) is 48.2 Å². The first kappa shape index (κ1) is 13.1. The number of nitrogens with two attached hydrogens (primary N) is 1. The summed E-state index contributed by atoms with van der Waals surface area (Å²) >= 11 is 0. The number of benzene rings is 1. The Morgan fingerprint density at radius 3 is 2.55 bits per heavy atom. The Balaban J connectivity index is 1.53. The molecule has 0 bridgehead atoms. The van der Waals surface area contributed by atoms with Crippen LogP contribution in [-0.4, -0.2) is 41.8 Å². The van der Waals surface area contributed by atoms with Crippen molar-refractivity contribution in [2.24, 2.45) is 5.92 Å². The van der Waals surface area contributed by atoms with E-state index in [1.807, 2.05) is 30.3 Å². The standard InChI is InChI=1S/C17H19N5/c1-21-8-13-10-22(11-14(13)9-21)17-7-6-16(19-20-17)12-2-4-15(18)5-3-12/h2-8,14H,9-11,18H2,1H3. The number of anilines is 2. The maximum absolute atomic E-state index is 5.71. The second-order valence-corrected chi connectivity index (χ2v) is 6.12. The van der Waals surface area contributed by atoms with Crippen LogP contribution in [-0.2, 0) is 0 Å². The number of nitrogen functional groups attached to an aromatic ring is 1. The molecule has 2 aromatic rings. The Morgan fingerprint density at radius 2 is 1.86 bits per heavy atom. The molecule has 1 saturated heterocycles. The van der Waals surface area contributed by atoms with E-state index < -0.39 is 0 Å². The smallest absolute Gasteiger partial charge is 0.151 e. The number of aromatic nitrogens is 2. The van der Waals surface area contributed by atoms with E-state index in [0.29, 0.717) is 5.92 Å². The van der Waals surface area contributed by atoms with Crippen molar-refractivity contribution in [3.63, 3.8) is 0 Å². The predicted octanol–water partition coefficient (Wildman–Crippen LogP) is 1.99. The number of nitrogens with zero attached hydrogens (tertiary/aromatic N) is 4. The topological polar surface area (TPSA) is 58.3 Å². The highest BCUT2D eigenvalue weighted by Crippen LogP contribution is 2.31. The largest absolute Gasteiger partial charge is 0.399 e. The van der Waals surface area contributed by atoms with E-state index in [9.17, 15) is 0 Å². The lowest BCUT2D eigenvalue weighted by atomic mass is 10.1. The van der Waals surface area contributed by atoms with Gasteiger partial charge in [0.15, 0.2) is 5.82 Å². The van der Waals surface area contributed by atoms with Gasteiger partial charge in [0.25, 0.3) is 0 Å². The summed E-state index contributed by atoms with van der Waals surface area (Å²) in [5.41, 5.74) is 9.90. The minimum atomic E-state index is 0.642. The van der Waals surface area contributed by atoms with Gasteiger partial charge >= 0.3 is 0 Å². The summed E-state index contributed by atoms with van der Waals surface area (Å²) in [5, 5.41) is 8.78. The lowest BCUT2D eigenvalue weighted by Crippen LogP contribution is -2.25. The molecule has 1 unspecified atom stereocenters. The summed E-state index contributed by atoms with van der Waals surface area (Å²) in [4.78, 5) is 4.58. The molecule has 1 aromatic carbocycles. The Kier molecular flexibility index (Phi) is 2.99. The van der Waals surface area contributed by atoms with Gasteiger partial charge in [-0.2, -0.15) is 0 Å². The predicted molar refractivity (Wildman–Crippen MR) is 88.3 cm³/mol. The number of hydrogen-bond acceptors (Lipinski definition) is 5. The van der Waals surface area contributed by atoms with Gasteiger partial charge in [0.05, 0.1) is 5.69 Å². The van der Waals surface area contributed by atoms with Gasteiger partial charge in [-0.05, 0) is 29.8 Å². The lowest BCUT2D eigenvalue weighted by Gasteiger charge is -2.18. The van der Waals surface area contributed by atoms with Crippen LogP contribution in [0.15, 0.2) is 48.2 Å². The molecule has 0 saturated carbocycles. The van der Waals surface area contributed by atoms with Gasteiger partial charge in [0.2, 0.25) is 0 Å². The third-order valence-electron chi connectivity index (χ3n) is 4.41. The Labute approximate surface area is 130 Å². The molecule has 112 valence electrons. The molecule has 1 fully saturated rings. The van der Waals surface area contributed by atoms with Crippen LogP contribution in [0, 0.1) is 5.92 Å². The SMILES string of the molecule is CN1C=C2CN(c3ccc(-c4ccc(N)cc4)nn3)CC2C1. The molecule has 0 amide bonds. The van der Waals surface area contributed by atoms with Crippen LogP contribution in [0.25, 0.3) is 11.3 Å². The quantitative estimate of drug-likeness (QED) is 0.858. The Morgan fingerprint density at radius 1 is 1.05 bits per heavy atom. The van der Waals surface area contributed by atoms with Gasteiger partial charge < -0.3 is 15.5 Å². The Hall–Kier alpha value is -2.56. The molecule has 22 heavy (non-hydrogen) atoms. The van der Waals surface area contributed by atoms with Crippen molar-refractivity contribution in [2.45, 2.75) is 0 Å². The van der Waals surface area contributed by atoms with E-state index in [2.05, 4.69) is 39.3 Å². The van der Waals surface area contributed by atoms with Crippen LogP contribution in [0.5, 0.6) is 0 Å². The van der Waals surface area contributed by atoms with E-state index in [-0.39, 0.29) is 0 Å². The van der Waals surface area contributed by atoms with E-state index in [1.54, 1.807) is 0 Å². The summed E-state index contributed by atoms with van der Waals surface area (Å²) in [6.07, 6.45) is 2.26. The Bertz CT molecular complexity index is 705. The van der Waals surface area contributed by atoms with Crippen LogP contribution in [0.2, 0.25) is 0 Å². The average molecular weight is 293 g/mol. The van der Waals surface area contributed by atoms with Crippen LogP contribution >= 0.6 is 0 Å². The van der Waals surface area contributed by atoms with Crippen LogP contribution < -0.4 is 10.6 Å². The third kappa shape index (κ3) is 2.28. The average Bonchev–Trinajstić information content (AvgIpc) is 3.05. The number of hydrogen-bond donors (Lipinski definition) is 1. The van der Waals surface area contributed by atoms with Crippen molar-refractivity contribution in [1.29, 1.82) is 0 Å². The highest BCUT2D eigenvalue weighted by atomic mass is 15.3. The first-order chi connectivity index (χ1) is 10.7. The normalized spacial score (nSPS) is 20.2. The molecule has 1 atom stereocenters. The minimum Gasteiger partial charge on any atom is -0.399 e. The monoisotopic (exact) mass is 293 g/mol. The molecule has 1 aromatic heterocycles. The molecule has 0 spiro atoms. The van der Waals surface area contributed by atoms with E-state index in [4.69, 9.17) is 5.73 Å². The first-order valence-electron chi connectivity index (χ1n) is 7.54. The van der Waals surface area contributed by atoms with Gasteiger partial charge in [0.1, 0.15) is 0 Å². The van der Waals surface area contributed by atoms with Crippen molar-refractivity contribution < 1.29 is 0 Å². The summed E-state index contributed by atoms with van der Waals surface area (Å²) in [6.45, 7) is 3.11. The molecule has 4 rings (SSSR count). The van der Waals surface area contributed by atoms with Crippen molar-refractivity contribution in [2.75, 3.05) is 37.3 Å². The number of fused-ring (bicyclic) bond motifs is 1. The second kappa shape index (κ2) is 5.02. The summed E-state index contributed by atoms with van der Waals surface area (Å²) in [6, 6.07) is 11.8. The van der Waals surface area contributed by atoms with Gasteiger partial charge in [-0.3, -0.25) is 0 Å². The van der Waals surface area contributed by atoms with E-state index >= 15 is 0 Å². The number of rotatable bonds is 2. The maximum Gasteiger partial charge on any atom is 0.151 e. The zero-order valence-electron chi connectivity index (χ0n) is 12.6. The van der Waals surface area contributed by atoms with Gasteiger partial charge in [0, 0.05) is 50.1 Å². The van der Waals surface area contributed by atoms with Gasteiger partial charge in [-0.1, -0.05) is 12.1 Å². The zero-order chi connectivity index (χ0) is 15.1. The van der Waals surface area contributed by atoms with E-state index in [0.717, 1.165) is 42.4 Å². The first-order valence-corrected chi connectivity index (χ1v) is 7.54. The minimum absolute atomic E-state index is 0.642.